The second kappa shape index (κ2) is 3.63. The number of hydrogen-bond donors (Lipinski definition) is 1. The highest BCUT2D eigenvalue weighted by atomic mass is 16.8. The molecule has 5 unspecified atom stereocenters. The molecule has 1 N–H and O–H groups in total. The molecule has 92 valence electrons. The van der Waals surface area contributed by atoms with Crippen LogP contribution in [0.25, 0.3) is 0 Å². The average Bonchev–Trinajstić information content (AvgIpc) is 2.78. The molecule has 0 saturated carbocycles. The average molecular weight is 232 g/mol. The Morgan fingerprint density at radius 3 is 2.62 bits per heavy atom. The van der Waals surface area contributed by atoms with Gasteiger partial charge in [0, 0.05) is 0 Å². The molecule has 0 aliphatic carbocycles. The Balaban J connectivity index is 1.85. The van der Waals surface area contributed by atoms with E-state index >= 15 is 0 Å². The SMILES string of the molecule is CC1(C)OC2C(CO)OC3OCOC3C2O1. The summed E-state index contributed by atoms with van der Waals surface area (Å²) in [6.07, 6.45) is -1.70. The lowest BCUT2D eigenvalue weighted by atomic mass is 9.99. The molecule has 0 bridgehead atoms. The van der Waals surface area contributed by atoms with Crippen molar-refractivity contribution in [1.29, 1.82) is 0 Å². The molecule has 0 aromatic rings. The van der Waals surface area contributed by atoms with Crippen molar-refractivity contribution in [2.75, 3.05) is 13.4 Å². The first-order chi connectivity index (χ1) is 7.61. The van der Waals surface area contributed by atoms with Gasteiger partial charge >= 0.3 is 0 Å². The number of ether oxygens (including phenoxy) is 5. The van der Waals surface area contributed by atoms with E-state index in [9.17, 15) is 5.11 Å². The topological polar surface area (TPSA) is 66.4 Å². The molecule has 6 heteroatoms. The van der Waals surface area contributed by atoms with Gasteiger partial charge in [-0.25, -0.2) is 0 Å². The molecule has 3 fully saturated rings. The van der Waals surface area contributed by atoms with Gasteiger partial charge in [-0.1, -0.05) is 0 Å². The molecular weight excluding hydrogens is 216 g/mol. The van der Waals surface area contributed by atoms with Crippen LogP contribution < -0.4 is 0 Å². The van der Waals surface area contributed by atoms with Gasteiger partial charge in [-0.15, -0.1) is 0 Å². The standard InChI is InChI=1S/C10H16O6/c1-10(2)15-6-5(3-11)14-9-8(7(6)16-10)12-4-13-9/h5-9,11H,3-4H2,1-2H3. The molecule has 5 atom stereocenters. The van der Waals surface area contributed by atoms with Crippen LogP contribution in [-0.4, -0.2) is 55.0 Å². The van der Waals surface area contributed by atoms with Crippen molar-refractivity contribution in [2.24, 2.45) is 0 Å². The van der Waals surface area contributed by atoms with E-state index in [1.165, 1.54) is 0 Å². The Morgan fingerprint density at radius 1 is 1.12 bits per heavy atom. The van der Waals surface area contributed by atoms with Crippen LogP contribution in [0.4, 0.5) is 0 Å². The number of rotatable bonds is 1. The predicted octanol–water partition coefficient (Wildman–Crippen LogP) is -0.403. The lowest BCUT2D eigenvalue weighted by Gasteiger charge is -2.36. The van der Waals surface area contributed by atoms with E-state index in [1.54, 1.807) is 0 Å². The van der Waals surface area contributed by atoms with E-state index in [0.29, 0.717) is 0 Å². The predicted molar refractivity (Wildman–Crippen MR) is 50.4 cm³/mol. The molecular formula is C10H16O6. The van der Waals surface area contributed by atoms with Gasteiger partial charge < -0.3 is 28.8 Å². The highest BCUT2D eigenvalue weighted by Crippen LogP contribution is 2.40. The number of aliphatic hydroxyl groups is 1. The highest BCUT2D eigenvalue weighted by Gasteiger charge is 2.57. The van der Waals surface area contributed by atoms with Crippen LogP contribution in [0, 0.1) is 0 Å². The Morgan fingerprint density at radius 2 is 1.88 bits per heavy atom. The summed E-state index contributed by atoms with van der Waals surface area (Å²) in [5.74, 6) is -0.674. The van der Waals surface area contributed by atoms with Crippen LogP contribution in [0.2, 0.25) is 0 Å². The molecule has 16 heavy (non-hydrogen) atoms. The minimum absolute atomic E-state index is 0.118. The maximum absolute atomic E-state index is 9.27. The van der Waals surface area contributed by atoms with Crippen LogP contribution in [0.1, 0.15) is 13.8 Å². The van der Waals surface area contributed by atoms with E-state index in [0.717, 1.165) is 0 Å². The normalized spacial score (nSPS) is 50.1. The van der Waals surface area contributed by atoms with Crippen molar-refractivity contribution in [3.63, 3.8) is 0 Å². The Kier molecular flexibility index (Phi) is 2.47. The van der Waals surface area contributed by atoms with E-state index in [-0.39, 0.29) is 31.7 Å². The molecule has 0 radical (unpaired) electrons. The van der Waals surface area contributed by atoms with Crippen LogP contribution in [0.5, 0.6) is 0 Å². The largest absolute Gasteiger partial charge is 0.394 e. The fourth-order valence-electron chi connectivity index (χ4n) is 2.48. The Bertz CT molecular complexity index is 280. The summed E-state index contributed by atoms with van der Waals surface area (Å²) in [6.45, 7) is 3.75. The van der Waals surface area contributed by atoms with Crippen LogP contribution >= 0.6 is 0 Å². The molecule has 0 spiro atoms. The van der Waals surface area contributed by atoms with Gasteiger partial charge in [-0.2, -0.15) is 0 Å². The first-order valence-electron chi connectivity index (χ1n) is 5.46. The molecule has 3 aliphatic heterocycles. The van der Waals surface area contributed by atoms with Gasteiger partial charge in [0.2, 0.25) is 0 Å². The lowest BCUT2D eigenvalue weighted by molar-refractivity contribution is -0.227. The van der Waals surface area contributed by atoms with Gasteiger partial charge in [0.15, 0.2) is 18.9 Å². The molecule has 0 aromatic heterocycles. The summed E-state index contributed by atoms with van der Waals surface area (Å²) in [5.41, 5.74) is 0. The number of fused-ring (bicyclic) bond motifs is 3. The van der Waals surface area contributed by atoms with Gasteiger partial charge in [0.05, 0.1) is 6.61 Å². The molecule has 0 aromatic carbocycles. The quantitative estimate of drug-likeness (QED) is 0.663. The Hall–Kier alpha value is -0.240. The van der Waals surface area contributed by atoms with Crippen molar-refractivity contribution >= 4 is 0 Å². The van der Waals surface area contributed by atoms with Gasteiger partial charge in [-0.3, -0.25) is 0 Å². The molecule has 3 aliphatic rings. The van der Waals surface area contributed by atoms with Gasteiger partial charge in [-0.05, 0) is 13.8 Å². The summed E-state index contributed by atoms with van der Waals surface area (Å²) >= 11 is 0. The molecule has 3 saturated heterocycles. The van der Waals surface area contributed by atoms with Crippen molar-refractivity contribution < 1.29 is 28.8 Å². The zero-order valence-electron chi connectivity index (χ0n) is 9.29. The second-order valence-corrected chi connectivity index (χ2v) is 4.71. The van der Waals surface area contributed by atoms with Gasteiger partial charge in [0.25, 0.3) is 0 Å². The van der Waals surface area contributed by atoms with Crippen molar-refractivity contribution in [3.05, 3.63) is 0 Å². The summed E-state index contributed by atoms with van der Waals surface area (Å²) < 4.78 is 27.8. The maximum atomic E-state index is 9.27. The van der Waals surface area contributed by atoms with E-state index in [4.69, 9.17) is 23.7 Å². The first-order valence-corrected chi connectivity index (χ1v) is 5.46. The minimum atomic E-state index is -0.674. The molecule has 6 nitrogen and oxygen atoms in total. The third kappa shape index (κ3) is 1.57. The van der Waals surface area contributed by atoms with Crippen molar-refractivity contribution in [2.45, 2.75) is 50.3 Å². The highest BCUT2D eigenvalue weighted by molar-refractivity contribution is 4.98. The molecule has 3 rings (SSSR count). The molecule has 0 amide bonds. The lowest BCUT2D eigenvalue weighted by Crippen LogP contribution is -2.56. The number of aliphatic hydroxyl groups excluding tert-OH is 1. The fourth-order valence-corrected chi connectivity index (χ4v) is 2.48. The van der Waals surface area contributed by atoms with Crippen LogP contribution in [0.3, 0.4) is 0 Å². The molecule has 3 heterocycles. The van der Waals surface area contributed by atoms with E-state index in [1.807, 2.05) is 13.8 Å². The summed E-state index contributed by atoms with van der Waals surface area (Å²) in [6, 6.07) is 0. The maximum Gasteiger partial charge on any atom is 0.189 e. The minimum Gasteiger partial charge on any atom is -0.394 e. The second-order valence-electron chi connectivity index (χ2n) is 4.71. The first kappa shape index (κ1) is 10.9. The summed E-state index contributed by atoms with van der Waals surface area (Å²) in [4.78, 5) is 0. The summed E-state index contributed by atoms with van der Waals surface area (Å²) in [5, 5.41) is 9.27. The van der Waals surface area contributed by atoms with Crippen LogP contribution in [-0.2, 0) is 23.7 Å². The summed E-state index contributed by atoms with van der Waals surface area (Å²) in [7, 11) is 0. The monoisotopic (exact) mass is 232 g/mol. The third-order valence-corrected chi connectivity index (χ3v) is 3.10. The van der Waals surface area contributed by atoms with E-state index in [2.05, 4.69) is 0 Å². The van der Waals surface area contributed by atoms with Gasteiger partial charge in [0.1, 0.15) is 24.4 Å². The smallest absolute Gasteiger partial charge is 0.189 e. The van der Waals surface area contributed by atoms with Crippen molar-refractivity contribution in [1.82, 2.24) is 0 Å². The Labute approximate surface area is 93.4 Å². The third-order valence-electron chi connectivity index (χ3n) is 3.10. The fraction of sp³-hybridized carbons (Fsp3) is 1.00. The van der Waals surface area contributed by atoms with Crippen molar-refractivity contribution in [3.8, 4) is 0 Å². The number of hydrogen-bond acceptors (Lipinski definition) is 6. The van der Waals surface area contributed by atoms with Crippen LogP contribution in [0.15, 0.2) is 0 Å². The van der Waals surface area contributed by atoms with E-state index < -0.39 is 18.2 Å². The zero-order chi connectivity index (χ0) is 11.3. The zero-order valence-corrected chi connectivity index (χ0v) is 9.29.